The van der Waals surface area contributed by atoms with E-state index in [4.69, 9.17) is 0 Å². The molecule has 1 atom stereocenters. The molecule has 5 heteroatoms. The molecule has 2 aromatic carbocycles. The molecular weight excluding hydrogens is 406 g/mol. The van der Waals surface area contributed by atoms with Crippen molar-refractivity contribution < 1.29 is 13.2 Å². The van der Waals surface area contributed by atoms with Gasteiger partial charge in [0.1, 0.15) is 0 Å². The summed E-state index contributed by atoms with van der Waals surface area (Å²) in [5, 5.41) is 2.30. The van der Waals surface area contributed by atoms with Crippen molar-refractivity contribution in [3.63, 3.8) is 0 Å². The van der Waals surface area contributed by atoms with Crippen LogP contribution in [0, 0.1) is 11.8 Å². The zero-order valence-corrected chi connectivity index (χ0v) is 19.4. The van der Waals surface area contributed by atoms with Gasteiger partial charge in [-0.1, -0.05) is 68.7 Å². The second-order valence-corrected chi connectivity index (χ2v) is 11.7. The maximum absolute atomic E-state index is 13.7. The highest BCUT2D eigenvalue weighted by Gasteiger charge is 2.38. The van der Waals surface area contributed by atoms with Gasteiger partial charge in [-0.3, -0.25) is 4.79 Å². The van der Waals surface area contributed by atoms with Gasteiger partial charge in [-0.05, 0) is 54.4 Å². The third-order valence-electron chi connectivity index (χ3n) is 7.31. The largest absolute Gasteiger partial charge is 0.334 e. The van der Waals surface area contributed by atoms with Crippen LogP contribution >= 0.6 is 0 Å². The number of hydrogen-bond donors (Lipinski definition) is 0. The molecule has 1 aliphatic carbocycles. The second-order valence-electron chi connectivity index (χ2n) is 9.52. The van der Waals surface area contributed by atoms with E-state index in [-0.39, 0.29) is 29.4 Å². The Labute approximate surface area is 186 Å². The van der Waals surface area contributed by atoms with Crippen molar-refractivity contribution >= 4 is 26.5 Å². The zero-order valence-electron chi connectivity index (χ0n) is 18.6. The Bertz CT molecular complexity index is 1000. The average Bonchev–Trinajstić information content (AvgIpc) is 3.15. The van der Waals surface area contributed by atoms with Crippen LogP contribution < -0.4 is 0 Å². The predicted molar refractivity (Wildman–Crippen MR) is 127 cm³/mol. The lowest BCUT2D eigenvalue weighted by Crippen LogP contribution is -2.44. The molecule has 4 nitrogen and oxygen atoms in total. The molecule has 1 aliphatic heterocycles. The Hall–Kier alpha value is -1.88. The Morgan fingerprint density at radius 3 is 2.45 bits per heavy atom. The van der Waals surface area contributed by atoms with E-state index in [1.54, 1.807) is 0 Å². The summed E-state index contributed by atoms with van der Waals surface area (Å²) in [7, 11) is -3.05. The number of nitrogens with zero attached hydrogens (tertiary/aromatic N) is 1. The smallest absolute Gasteiger partial charge is 0.226 e. The van der Waals surface area contributed by atoms with Gasteiger partial charge in [0.25, 0.3) is 0 Å². The van der Waals surface area contributed by atoms with Crippen LogP contribution in [0.3, 0.4) is 0 Å². The molecule has 168 valence electrons. The molecule has 2 aromatic rings. The summed E-state index contributed by atoms with van der Waals surface area (Å²) in [6, 6.07) is 14.2. The minimum absolute atomic E-state index is 0.0381. The Morgan fingerprint density at radius 1 is 1.00 bits per heavy atom. The van der Waals surface area contributed by atoms with Gasteiger partial charge >= 0.3 is 0 Å². The molecule has 2 fully saturated rings. The van der Waals surface area contributed by atoms with Gasteiger partial charge in [0.2, 0.25) is 5.91 Å². The number of rotatable bonds is 7. The van der Waals surface area contributed by atoms with Crippen LogP contribution in [-0.2, 0) is 21.2 Å². The fourth-order valence-electron chi connectivity index (χ4n) is 5.45. The summed E-state index contributed by atoms with van der Waals surface area (Å²) in [4.78, 5) is 15.6. The molecular formula is C26H35NO3S. The van der Waals surface area contributed by atoms with E-state index < -0.39 is 9.84 Å². The lowest BCUT2D eigenvalue weighted by atomic mass is 9.79. The zero-order chi connectivity index (χ0) is 21.8. The van der Waals surface area contributed by atoms with Gasteiger partial charge in [0.15, 0.2) is 9.84 Å². The van der Waals surface area contributed by atoms with E-state index in [2.05, 4.69) is 31.2 Å². The molecule has 1 heterocycles. The van der Waals surface area contributed by atoms with Crippen LogP contribution in [0.1, 0.15) is 63.9 Å². The van der Waals surface area contributed by atoms with Crippen molar-refractivity contribution in [1.82, 2.24) is 4.90 Å². The molecule has 2 aliphatic rings. The minimum Gasteiger partial charge on any atom is -0.334 e. The Kier molecular flexibility index (Phi) is 7.00. The van der Waals surface area contributed by atoms with Crippen molar-refractivity contribution in [2.75, 3.05) is 11.5 Å². The molecule has 1 saturated heterocycles. The van der Waals surface area contributed by atoms with E-state index in [0.29, 0.717) is 13.0 Å². The number of amides is 1. The highest BCUT2D eigenvalue weighted by atomic mass is 32.2. The van der Waals surface area contributed by atoms with Gasteiger partial charge in [0.05, 0.1) is 11.5 Å². The van der Waals surface area contributed by atoms with Crippen LogP contribution in [0.2, 0.25) is 0 Å². The second kappa shape index (κ2) is 9.72. The van der Waals surface area contributed by atoms with Crippen LogP contribution in [0.4, 0.5) is 0 Å². The lowest BCUT2D eigenvalue weighted by Gasteiger charge is -2.35. The van der Waals surface area contributed by atoms with Gasteiger partial charge in [-0.15, -0.1) is 0 Å². The predicted octanol–water partition coefficient (Wildman–Crippen LogP) is 5.35. The van der Waals surface area contributed by atoms with Crippen LogP contribution in [0.25, 0.3) is 10.8 Å². The SMILES string of the molecule is CCCCC1CCC(C(=O)N(Cc2cccc3ccccc23)[C@@H]2CCS(=O)(=O)C2)CC1. The quantitative estimate of drug-likeness (QED) is 0.582. The van der Waals surface area contributed by atoms with E-state index in [9.17, 15) is 13.2 Å². The van der Waals surface area contributed by atoms with Gasteiger partial charge < -0.3 is 4.90 Å². The molecule has 1 saturated carbocycles. The molecule has 0 radical (unpaired) electrons. The molecule has 4 rings (SSSR count). The van der Waals surface area contributed by atoms with Crippen LogP contribution in [-0.4, -0.2) is 36.8 Å². The molecule has 0 bridgehead atoms. The van der Waals surface area contributed by atoms with Gasteiger partial charge in [-0.2, -0.15) is 0 Å². The summed E-state index contributed by atoms with van der Waals surface area (Å²) >= 11 is 0. The van der Waals surface area contributed by atoms with Crippen LogP contribution in [0.5, 0.6) is 0 Å². The van der Waals surface area contributed by atoms with Crippen molar-refractivity contribution in [3.05, 3.63) is 48.0 Å². The number of unbranched alkanes of at least 4 members (excludes halogenated alkanes) is 1. The summed E-state index contributed by atoms with van der Waals surface area (Å²) in [5.41, 5.74) is 1.10. The molecule has 0 unspecified atom stereocenters. The van der Waals surface area contributed by atoms with Crippen molar-refractivity contribution in [2.45, 2.75) is 70.9 Å². The van der Waals surface area contributed by atoms with E-state index in [0.717, 1.165) is 47.9 Å². The summed E-state index contributed by atoms with van der Waals surface area (Å²) < 4.78 is 24.4. The normalized spacial score (nSPS) is 25.5. The lowest BCUT2D eigenvalue weighted by molar-refractivity contribution is -0.139. The minimum atomic E-state index is -3.05. The number of fused-ring (bicyclic) bond motifs is 1. The number of hydrogen-bond acceptors (Lipinski definition) is 3. The summed E-state index contributed by atoms with van der Waals surface area (Å²) in [6.07, 6.45) is 8.48. The van der Waals surface area contributed by atoms with Gasteiger partial charge in [-0.25, -0.2) is 8.42 Å². The first-order chi connectivity index (χ1) is 15.0. The highest BCUT2D eigenvalue weighted by molar-refractivity contribution is 7.91. The third-order valence-corrected chi connectivity index (χ3v) is 9.07. The van der Waals surface area contributed by atoms with E-state index >= 15 is 0 Å². The Balaban J connectivity index is 1.54. The number of carbonyl (C=O) groups is 1. The van der Waals surface area contributed by atoms with Gasteiger partial charge in [0, 0.05) is 18.5 Å². The van der Waals surface area contributed by atoms with Crippen LogP contribution in [0.15, 0.2) is 42.5 Å². The summed E-state index contributed by atoms with van der Waals surface area (Å²) in [6.45, 7) is 2.73. The maximum Gasteiger partial charge on any atom is 0.226 e. The van der Waals surface area contributed by atoms with E-state index in [1.807, 2.05) is 23.1 Å². The fourth-order valence-corrected chi connectivity index (χ4v) is 7.18. The third kappa shape index (κ3) is 5.31. The van der Waals surface area contributed by atoms with Crippen molar-refractivity contribution in [1.29, 1.82) is 0 Å². The first kappa shape index (κ1) is 22.3. The number of carbonyl (C=O) groups excluding carboxylic acids is 1. The number of sulfone groups is 1. The number of benzene rings is 2. The maximum atomic E-state index is 13.7. The molecule has 31 heavy (non-hydrogen) atoms. The average molecular weight is 442 g/mol. The first-order valence-electron chi connectivity index (χ1n) is 11.9. The summed E-state index contributed by atoms with van der Waals surface area (Å²) in [5.74, 6) is 1.26. The first-order valence-corrected chi connectivity index (χ1v) is 13.8. The molecule has 1 amide bonds. The monoisotopic (exact) mass is 441 g/mol. The van der Waals surface area contributed by atoms with E-state index in [1.165, 1.54) is 19.3 Å². The molecule has 0 N–H and O–H groups in total. The Morgan fingerprint density at radius 2 is 1.74 bits per heavy atom. The molecule has 0 spiro atoms. The van der Waals surface area contributed by atoms with Crippen molar-refractivity contribution in [2.24, 2.45) is 11.8 Å². The standard InChI is InChI=1S/C26H35NO3S/c1-2-3-7-20-12-14-22(15-13-20)26(28)27(24-16-17-31(29,30)19-24)18-23-10-6-9-21-8-4-5-11-25(21)23/h4-6,8-11,20,22,24H,2-3,7,12-19H2,1H3/t20?,22?,24-/m1/s1. The fraction of sp³-hybridized carbons (Fsp3) is 0.577. The topological polar surface area (TPSA) is 54.5 Å². The molecule has 0 aromatic heterocycles. The highest BCUT2D eigenvalue weighted by Crippen LogP contribution is 2.35. The van der Waals surface area contributed by atoms with Crippen molar-refractivity contribution in [3.8, 4) is 0 Å².